The van der Waals surface area contributed by atoms with Gasteiger partial charge in [-0.05, 0) is 48.9 Å². The Kier molecular flexibility index (Phi) is 8.80. The lowest BCUT2D eigenvalue weighted by atomic mass is 10.2. The lowest BCUT2D eigenvalue weighted by Gasteiger charge is -2.15. The zero-order valence-electron chi connectivity index (χ0n) is 18.3. The zero-order valence-corrected chi connectivity index (χ0v) is 19.1. The van der Waals surface area contributed by atoms with Crippen LogP contribution in [-0.2, 0) is 24.3 Å². The molecule has 0 aromatic heterocycles. The Hall–Kier alpha value is -3.37. The molecule has 0 saturated carbocycles. The Bertz CT molecular complexity index is 1080. The van der Waals surface area contributed by atoms with Crippen LogP contribution < -0.4 is 14.8 Å². The predicted octanol–water partition coefficient (Wildman–Crippen LogP) is 2.54. The second kappa shape index (κ2) is 11.3. The Morgan fingerprint density at radius 1 is 1.09 bits per heavy atom. The third-order valence-corrected chi connectivity index (χ3v) is 5.98. The van der Waals surface area contributed by atoms with Crippen LogP contribution in [0.25, 0.3) is 6.08 Å². The van der Waals surface area contributed by atoms with E-state index in [1.54, 1.807) is 30.3 Å². The van der Waals surface area contributed by atoms with Gasteiger partial charge in [0.25, 0.3) is 5.91 Å². The molecule has 0 radical (unpaired) electrons. The summed E-state index contributed by atoms with van der Waals surface area (Å²) < 4.78 is 41.1. The van der Waals surface area contributed by atoms with E-state index in [4.69, 9.17) is 14.2 Å². The summed E-state index contributed by atoms with van der Waals surface area (Å²) in [7, 11) is 0.486. The number of sulfonamides is 1. The van der Waals surface area contributed by atoms with Gasteiger partial charge < -0.3 is 19.5 Å². The molecule has 0 saturated heterocycles. The van der Waals surface area contributed by atoms with E-state index >= 15 is 0 Å². The fraction of sp³-hybridized carbons (Fsp3) is 0.273. The van der Waals surface area contributed by atoms with Crippen molar-refractivity contribution in [1.29, 1.82) is 0 Å². The van der Waals surface area contributed by atoms with Gasteiger partial charge in [-0.25, -0.2) is 17.5 Å². The topological polar surface area (TPSA) is 111 Å². The van der Waals surface area contributed by atoms with Crippen molar-refractivity contribution in [2.24, 2.45) is 0 Å². The first-order valence-electron chi connectivity index (χ1n) is 9.65. The molecule has 0 unspecified atom stereocenters. The standard InChI is InChI=1S/C22H26N2O7S/c1-5-30-17-9-6-16(7-10-17)8-13-22(26)31-15-21(25)23-19-14-18(11-12-20(19)29-4)32(27,28)24(2)3/h6-14H,5,15H2,1-4H3,(H,23,25)/b13-8+. The van der Waals surface area contributed by atoms with Gasteiger partial charge >= 0.3 is 5.97 Å². The van der Waals surface area contributed by atoms with Gasteiger partial charge in [-0.3, -0.25) is 4.79 Å². The lowest BCUT2D eigenvalue weighted by Crippen LogP contribution is -2.23. The summed E-state index contributed by atoms with van der Waals surface area (Å²) in [6, 6.07) is 11.2. The molecule has 0 aliphatic heterocycles. The second-order valence-corrected chi connectivity index (χ2v) is 8.79. The summed E-state index contributed by atoms with van der Waals surface area (Å²) in [4.78, 5) is 24.1. The van der Waals surface area contributed by atoms with Gasteiger partial charge in [0.05, 0.1) is 24.3 Å². The molecule has 9 nitrogen and oxygen atoms in total. The quantitative estimate of drug-likeness (QED) is 0.427. The van der Waals surface area contributed by atoms with Crippen LogP contribution in [0.4, 0.5) is 5.69 Å². The van der Waals surface area contributed by atoms with Crippen molar-refractivity contribution >= 4 is 33.7 Å². The van der Waals surface area contributed by atoms with E-state index in [9.17, 15) is 18.0 Å². The van der Waals surface area contributed by atoms with Gasteiger partial charge in [-0.15, -0.1) is 0 Å². The summed E-state index contributed by atoms with van der Waals surface area (Å²) in [5.41, 5.74) is 0.903. The van der Waals surface area contributed by atoms with Gasteiger partial charge in [0.1, 0.15) is 11.5 Å². The maximum absolute atomic E-state index is 12.3. The predicted molar refractivity (Wildman–Crippen MR) is 120 cm³/mol. The number of rotatable bonds is 10. The number of carbonyl (C=O) groups is 2. The number of carbonyl (C=O) groups excluding carboxylic acids is 2. The third kappa shape index (κ3) is 6.82. The minimum absolute atomic E-state index is 0.0196. The summed E-state index contributed by atoms with van der Waals surface area (Å²) in [5, 5.41) is 2.50. The van der Waals surface area contributed by atoms with Crippen molar-refractivity contribution in [3.63, 3.8) is 0 Å². The van der Waals surface area contributed by atoms with Crippen molar-refractivity contribution in [3.05, 3.63) is 54.1 Å². The van der Waals surface area contributed by atoms with Crippen molar-refractivity contribution < 1.29 is 32.2 Å². The fourth-order valence-corrected chi connectivity index (χ4v) is 3.46. The number of hydrogen-bond donors (Lipinski definition) is 1. The van der Waals surface area contributed by atoms with Crippen LogP contribution in [0, 0.1) is 0 Å². The van der Waals surface area contributed by atoms with E-state index in [2.05, 4.69) is 5.32 Å². The molecule has 2 rings (SSSR count). The van der Waals surface area contributed by atoms with Gasteiger partial charge in [0, 0.05) is 20.2 Å². The van der Waals surface area contributed by atoms with E-state index in [0.717, 1.165) is 15.6 Å². The molecule has 0 fully saturated rings. The highest BCUT2D eigenvalue weighted by Gasteiger charge is 2.20. The zero-order chi connectivity index (χ0) is 23.7. The molecule has 0 aliphatic rings. The number of hydrogen-bond acceptors (Lipinski definition) is 7. The van der Waals surface area contributed by atoms with Crippen molar-refractivity contribution in [3.8, 4) is 11.5 Å². The molecule has 1 amide bonds. The number of ether oxygens (including phenoxy) is 3. The molecule has 10 heteroatoms. The molecule has 0 spiro atoms. The number of anilines is 1. The van der Waals surface area contributed by atoms with E-state index in [-0.39, 0.29) is 16.3 Å². The first kappa shape index (κ1) is 24.9. The van der Waals surface area contributed by atoms with Gasteiger partial charge in [-0.1, -0.05) is 12.1 Å². The number of amides is 1. The maximum Gasteiger partial charge on any atom is 0.331 e. The molecule has 0 aliphatic carbocycles. The Balaban J connectivity index is 1.98. The summed E-state index contributed by atoms with van der Waals surface area (Å²) in [5.74, 6) is -0.366. The number of methoxy groups -OCH3 is 1. The van der Waals surface area contributed by atoms with Gasteiger partial charge in [0.2, 0.25) is 10.0 Å². The van der Waals surface area contributed by atoms with Crippen LogP contribution in [0.15, 0.2) is 53.4 Å². The Labute approximate surface area is 187 Å². The molecular weight excluding hydrogens is 436 g/mol. The second-order valence-electron chi connectivity index (χ2n) is 6.64. The van der Waals surface area contributed by atoms with Crippen LogP contribution in [0.1, 0.15) is 12.5 Å². The number of nitrogens with zero attached hydrogens (tertiary/aromatic N) is 1. The number of nitrogens with one attached hydrogen (secondary N) is 1. The largest absolute Gasteiger partial charge is 0.495 e. The monoisotopic (exact) mass is 462 g/mol. The van der Waals surface area contributed by atoms with E-state index < -0.39 is 28.5 Å². The molecule has 1 N–H and O–H groups in total. The third-order valence-electron chi connectivity index (χ3n) is 4.17. The summed E-state index contributed by atoms with van der Waals surface area (Å²) in [6.45, 7) is 1.89. The summed E-state index contributed by atoms with van der Waals surface area (Å²) >= 11 is 0. The molecule has 172 valence electrons. The SMILES string of the molecule is CCOc1ccc(/C=C/C(=O)OCC(=O)Nc2cc(S(=O)(=O)N(C)C)ccc2OC)cc1. The minimum Gasteiger partial charge on any atom is -0.495 e. The highest BCUT2D eigenvalue weighted by atomic mass is 32.2. The van der Waals surface area contributed by atoms with Crippen LogP contribution in [0.3, 0.4) is 0 Å². The summed E-state index contributed by atoms with van der Waals surface area (Å²) in [6.07, 6.45) is 2.75. The lowest BCUT2D eigenvalue weighted by molar-refractivity contribution is -0.142. The number of esters is 1. The van der Waals surface area contributed by atoms with Gasteiger partial charge in [0.15, 0.2) is 6.61 Å². The van der Waals surface area contributed by atoms with Crippen LogP contribution in [-0.4, -0.2) is 59.0 Å². The number of benzene rings is 2. The van der Waals surface area contributed by atoms with Crippen LogP contribution >= 0.6 is 0 Å². The average molecular weight is 463 g/mol. The van der Waals surface area contributed by atoms with E-state index in [1.165, 1.54) is 45.5 Å². The van der Waals surface area contributed by atoms with Crippen LogP contribution in [0.2, 0.25) is 0 Å². The van der Waals surface area contributed by atoms with E-state index in [0.29, 0.717) is 6.61 Å². The molecule has 2 aromatic carbocycles. The highest BCUT2D eigenvalue weighted by Crippen LogP contribution is 2.28. The Morgan fingerprint density at radius 2 is 1.78 bits per heavy atom. The first-order chi connectivity index (χ1) is 15.2. The van der Waals surface area contributed by atoms with Crippen molar-refractivity contribution in [1.82, 2.24) is 4.31 Å². The Morgan fingerprint density at radius 3 is 2.38 bits per heavy atom. The van der Waals surface area contributed by atoms with Crippen LogP contribution in [0.5, 0.6) is 11.5 Å². The van der Waals surface area contributed by atoms with Crippen molar-refractivity contribution in [2.75, 3.05) is 39.7 Å². The van der Waals surface area contributed by atoms with Gasteiger partial charge in [-0.2, -0.15) is 0 Å². The molecule has 2 aromatic rings. The van der Waals surface area contributed by atoms with E-state index in [1.807, 2.05) is 6.92 Å². The maximum atomic E-state index is 12.3. The normalized spacial score (nSPS) is 11.4. The molecule has 0 atom stereocenters. The first-order valence-corrected chi connectivity index (χ1v) is 11.1. The van der Waals surface area contributed by atoms with Crippen molar-refractivity contribution in [2.45, 2.75) is 11.8 Å². The molecular formula is C22H26N2O7S. The fourth-order valence-electron chi connectivity index (χ4n) is 2.53. The molecule has 0 bridgehead atoms. The molecule has 32 heavy (non-hydrogen) atoms. The average Bonchev–Trinajstić information content (AvgIpc) is 2.77. The smallest absolute Gasteiger partial charge is 0.331 e. The minimum atomic E-state index is -3.70. The molecule has 0 heterocycles. The highest BCUT2D eigenvalue weighted by molar-refractivity contribution is 7.89.